The van der Waals surface area contributed by atoms with Crippen LogP contribution in [0, 0.1) is 10.1 Å². The third-order valence-electron chi connectivity index (χ3n) is 4.60. The highest BCUT2D eigenvalue weighted by atomic mass is 19.4. The minimum Gasteiger partial charge on any atom is -0.406 e. The average Bonchev–Trinajstić information content (AvgIpc) is 2.92. The number of halogens is 3. The van der Waals surface area contributed by atoms with Crippen molar-refractivity contribution >= 4 is 29.2 Å². The number of carbonyl (C=O) groups excluding carboxylic acids is 3. The first-order valence-corrected chi connectivity index (χ1v) is 8.94. The van der Waals surface area contributed by atoms with Gasteiger partial charge in [-0.2, -0.15) is 0 Å². The van der Waals surface area contributed by atoms with E-state index in [2.05, 4.69) is 15.4 Å². The predicted octanol–water partition coefficient (Wildman–Crippen LogP) is 2.90. The maximum absolute atomic E-state index is 12.8. The molecule has 1 saturated heterocycles. The summed E-state index contributed by atoms with van der Waals surface area (Å²) in [7, 11) is 0. The Morgan fingerprint density at radius 3 is 2.28 bits per heavy atom. The first kappa shape index (κ1) is 22.5. The summed E-state index contributed by atoms with van der Waals surface area (Å²) >= 11 is 0. The van der Waals surface area contributed by atoms with Crippen molar-refractivity contribution in [1.29, 1.82) is 0 Å². The molecule has 1 aliphatic rings. The van der Waals surface area contributed by atoms with Gasteiger partial charge < -0.3 is 15.4 Å². The van der Waals surface area contributed by atoms with E-state index in [1.165, 1.54) is 31.2 Å². The molecule has 0 bridgehead atoms. The number of hydrogen-bond donors (Lipinski definition) is 2. The van der Waals surface area contributed by atoms with Crippen molar-refractivity contribution in [3.05, 3.63) is 64.2 Å². The normalized spacial score (nSPS) is 18.3. The van der Waals surface area contributed by atoms with E-state index in [4.69, 9.17) is 0 Å². The van der Waals surface area contributed by atoms with Gasteiger partial charge in [-0.1, -0.05) is 0 Å². The molecule has 168 valence electrons. The third kappa shape index (κ3) is 4.77. The second kappa shape index (κ2) is 8.17. The summed E-state index contributed by atoms with van der Waals surface area (Å²) in [5.41, 5.74) is -1.33. The number of hydrogen-bond acceptors (Lipinski definition) is 6. The highest BCUT2D eigenvalue weighted by molar-refractivity contribution is 6.10. The van der Waals surface area contributed by atoms with Crippen molar-refractivity contribution in [3.8, 4) is 5.75 Å². The van der Waals surface area contributed by atoms with E-state index in [1.54, 1.807) is 0 Å². The van der Waals surface area contributed by atoms with Gasteiger partial charge in [-0.3, -0.25) is 24.6 Å². The molecule has 1 fully saturated rings. The lowest BCUT2D eigenvalue weighted by molar-refractivity contribution is -0.384. The van der Waals surface area contributed by atoms with Gasteiger partial charge >= 0.3 is 12.4 Å². The monoisotopic (exact) mass is 452 g/mol. The fraction of sp³-hybridized carbons (Fsp3) is 0.211. The number of amides is 4. The van der Waals surface area contributed by atoms with Gasteiger partial charge in [-0.05, 0) is 48.9 Å². The molecule has 1 unspecified atom stereocenters. The van der Waals surface area contributed by atoms with Crippen LogP contribution in [-0.4, -0.2) is 40.6 Å². The molecule has 0 aromatic heterocycles. The fourth-order valence-electron chi connectivity index (χ4n) is 3.04. The number of urea groups is 1. The molecule has 0 spiro atoms. The number of imide groups is 1. The van der Waals surface area contributed by atoms with Crippen LogP contribution >= 0.6 is 0 Å². The largest absolute Gasteiger partial charge is 0.573 e. The quantitative estimate of drug-likeness (QED) is 0.394. The highest BCUT2D eigenvalue weighted by Gasteiger charge is 2.49. The smallest absolute Gasteiger partial charge is 0.406 e. The lowest BCUT2D eigenvalue weighted by Gasteiger charge is -2.22. The zero-order valence-electron chi connectivity index (χ0n) is 16.3. The molecule has 0 saturated carbocycles. The van der Waals surface area contributed by atoms with Crippen LogP contribution in [0.5, 0.6) is 5.75 Å². The van der Waals surface area contributed by atoms with Crippen molar-refractivity contribution in [3.63, 3.8) is 0 Å². The van der Waals surface area contributed by atoms with E-state index < -0.39 is 47.0 Å². The van der Waals surface area contributed by atoms with Crippen molar-refractivity contribution in [2.45, 2.75) is 18.8 Å². The van der Waals surface area contributed by atoms with E-state index in [-0.39, 0.29) is 16.9 Å². The Bertz CT molecular complexity index is 1070. The van der Waals surface area contributed by atoms with Crippen LogP contribution < -0.4 is 15.4 Å². The Labute approximate surface area is 178 Å². The van der Waals surface area contributed by atoms with E-state index in [0.29, 0.717) is 4.90 Å². The van der Waals surface area contributed by atoms with Gasteiger partial charge in [-0.15, -0.1) is 13.2 Å². The number of anilines is 1. The second-order valence-electron chi connectivity index (χ2n) is 6.87. The Morgan fingerprint density at radius 2 is 1.75 bits per heavy atom. The maximum atomic E-state index is 12.8. The first-order chi connectivity index (χ1) is 14.9. The zero-order chi connectivity index (χ0) is 23.7. The molecule has 4 amide bonds. The van der Waals surface area contributed by atoms with Crippen LogP contribution in [0.1, 0.15) is 12.5 Å². The predicted molar refractivity (Wildman–Crippen MR) is 102 cm³/mol. The molecule has 2 aromatic rings. The van der Waals surface area contributed by atoms with Gasteiger partial charge in [0.25, 0.3) is 11.6 Å². The Kier molecular flexibility index (Phi) is 5.75. The van der Waals surface area contributed by atoms with Crippen molar-refractivity contribution < 1.29 is 37.2 Å². The topological polar surface area (TPSA) is 131 Å². The van der Waals surface area contributed by atoms with Gasteiger partial charge in [0.2, 0.25) is 5.91 Å². The number of rotatable bonds is 6. The number of benzene rings is 2. The molecule has 13 heteroatoms. The number of ether oxygens (including phenoxy) is 1. The van der Waals surface area contributed by atoms with Crippen molar-refractivity contribution in [1.82, 2.24) is 10.2 Å². The molecule has 0 radical (unpaired) electrons. The summed E-state index contributed by atoms with van der Waals surface area (Å²) < 4.78 is 40.3. The van der Waals surface area contributed by atoms with Gasteiger partial charge in [0.05, 0.1) is 4.92 Å². The average molecular weight is 452 g/mol. The Balaban J connectivity index is 1.67. The molecule has 1 atom stereocenters. The van der Waals surface area contributed by atoms with Gasteiger partial charge in [0, 0.05) is 17.8 Å². The van der Waals surface area contributed by atoms with E-state index >= 15 is 0 Å². The fourth-order valence-corrected chi connectivity index (χ4v) is 3.04. The van der Waals surface area contributed by atoms with Gasteiger partial charge in [0.15, 0.2) is 0 Å². The summed E-state index contributed by atoms with van der Waals surface area (Å²) in [6.07, 6.45) is -4.86. The number of nitro groups is 1. The Hall–Kier alpha value is -4.16. The molecule has 32 heavy (non-hydrogen) atoms. The van der Waals surface area contributed by atoms with E-state index in [0.717, 1.165) is 24.3 Å². The SMILES string of the molecule is CC1(c2ccc([N+](=O)[O-])cc2)NC(=O)N(CC(=O)Nc2ccc(OC(F)(F)F)cc2)C1=O. The van der Waals surface area contributed by atoms with Crippen LogP contribution in [0.25, 0.3) is 0 Å². The van der Waals surface area contributed by atoms with Crippen LogP contribution in [0.3, 0.4) is 0 Å². The second-order valence-corrected chi connectivity index (χ2v) is 6.87. The molecule has 10 nitrogen and oxygen atoms in total. The summed E-state index contributed by atoms with van der Waals surface area (Å²) in [5.74, 6) is -2.00. The Morgan fingerprint density at radius 1 is 1.16 bits per heavy atom. The van der Waals surface area contributed by atoms with Gasteiger partial charge in [0.1, 0.15) is 17.8 Å². The van der Waals surface area contributed by atoms with Crippen LogP contribution in [0.4, 0.5) is 29.3 Å². The molecular formula is C19H15F3N4O6. The third-order valence-corrected chi connectivity index (χ3v) is 4.60. The molecule has 1 heterocycles. The number of alkyl halides is 3. The number of nitrogens with zero attached hydrogens (tertiary/aromatic N) is 2. The van der Waals surface area contributed by atoms with Crippen LogP contribution in [0.2, 0.25) is 0 Å². The highest BCUT2D eigenvalue weighted by Crippen LogP contribution is 2.30. The summed E-state index contributed by atoms with van der Waals surface area (Å²) in [6, 6.07) is 8.46. The van der Waals surface area contributed by atoms with Crippen LogP contribution in [0.15, 0.2) is 48.5 Å². The molecule has 1 aliphatic heterocycles. The summed E-state index contributed by atoms with van der Waals surface area (Å²) in [5, 5.41) is 15.6. The van der Waals surface area contributed by atoms with Crippen LogP contribution in [-0.2, 0) is 15.1 Å². The number of nitrogens with one attached hydrogen (secondary N) is 2. The number of carbonyl (C=O) groups is 3. The first-order valence-electron chi connectivity index (χ1n) is 8.94. The van der Waals surface area contributed by atoms with Gasteiger partial charge in [-0.25, -0.2) is 4.79 Å². The minimum absolute atomic E-state index is 0.120. The summed E-state index contributed by atoms with van der Waals surface area (Å²) in [6.45, 7) is 0.736. The minimum atomic E-state index is -4.86. The molecule has 2 N–H and O–H groups in total. The molecule has 2 aromatic carbocycles. The maximum Gasteiger partial charge on any atom is 0.573 e. The standard InChI is InChI=1S/C19H15F3N4O6/c1-18(11-2-6-13(7-3-11)26(30)31)16(28)25(17(29)24-18)10-15(27)23-12-4-8-14(9-5-12)32-19(20,21)22/h2-9H,10H2,1H3,(H,23,27)(H,24,29). The van der Waals surface area contributed by atoms with Crippen molar-refractivity contribution in [2.24, 2.45) is 0 Å². The molecule has 3 rings (SSSR count). The van der Waals surface area contributed by atoms with E-state index in [1.807, 2.05) is 0 Å². The molecule has 0 aliphatic carbocycles. The summed E-state index contributed by atoms with van der Waals surface area (Å²) in [4.78, 5) is 48.2. The number of non-ortho nitro benzene ring substituents is 1. The van der Waals surface area contributed by atoms with E-state index in [9.17, 15) is 37.7 Å². The lowest BCUT2D eigenvalue weighted by atomic mass is 9.92. The zero-order valence-corrected chi connectivity index (χ0v) is 16.3. The number of nitro benzene ring substituents is 1. The molecular weight excluding hydrogens is 437 g/mol. The van der Waals surface area contributed by atoms with Crippen molar-refractivity contribution in [2.75, 3.05) is 11.9 Å². The lowest BCUT2D eigenvalue weighted by Crippen LogP contribution is -2.42.